The fourth-order valence-electron chi connectivity index (χ4n) is 5.63. The first kappa shape index (κ1) is 15.8. The summed E-state index contributed by atoms with van der Waals surface area (Å²) in [7, 11) is 0. The predicted octanol–water partition coefficient (Wildman–Crippen LogP) is 3.01. The minimum atomic E-state index is -4.96. The monoisotopic (exact) mass is 366 g/mol. The summed E-state index contributed by atoms with van der Waals surface area (Å²) < 4.78 is 39.6. The van der Waals surface area contributed by atoms with Gasteiger partial charge in [-0.05, 0) is 48.6 Å². The number of nitrogens with zero attached hydrogens (tertiary/aromatic N) is 2. The van der Waals surface area contributed by atoms with Crippen molar-refractivity contribution in [1.82, 2.24) is 0 Å². The fraction of sp³-hybridized carbons (Fsp3) is 0.529. The molecule has 3 aliphatic carbocycles. The van der Waals surface area contributed by atoms with Gasteiger partial charge in [0.2, 0.25) is 11.8 Å². The van der Waals surface area contributed by atoms with E-state index in [1.54, 1.807) is 0 Å². The van der Waals surface area contributed by atoms with E-state index in [0.717, 1.165) is 23.8 Å². The predicted molar refractivity (Wildman–Crippen MR) is 80.8 cm³/mol. The van der Waals surface area contributed by atoms with Crippen LogP contribution in [0.5, 0.6) is 0 Å². The topological polar surface area (TPSA) is 80.5 Å². The lowest BCUT2D eigenvalue weighted by Gasteiger charge is -2.19. The van der Waals surface area contributed by atoms with Gasteiger partial charge in [-0.2, -0.15) is 13.2 Å². The first-order chi connectivity index (χ1) is 12.2. The van der Waals surface area contributed by atoms with Crippen LogP contribution in [0.2, 0.25) is 0 Å². The van der Waals surface area contributed by atoms with Crippen molar-refractivity contribution >= 4 is 23.2 Å². The summed E-state index contributed by atoms with van der Waals surface area (Å²) in [6, 6.07) is 2.30. The van der Waals surface area contributed by atoms with Crippen molar-refractivity contribution < 1.29 is 27.7 Å². The van der Waals surface area contributed by atoms with E-state index in [-0.39, 0.29) is 17.5 Å². The van der Waals surface area contributed by atoms with E-state index < -0.39 is 46.0 Å². The minimum Gasteiger partial charge on any atom is -0.274 e. The van der Waals surface area contributed by atoms with Crippen LogP contribution < -0.4 is 4.90 Å². The fourth-order valence-corrected chi connectivity index (χ4v) is 5.63. The summed E-state index contributed by atoms with van der Waals surface area (Å²) in [5.41, 5.74) is -2.79. The normalized spacial score (nSPS) is 37.1. The van der Waals surface area contributed by atoms with Crippen molar-refractivity contribution in [2.75, 3.05) is 4.90 Å². The van der Waals surface area contributed by atoms with Gasteiger partial charge in [0.05, 0.1) is 22.4 Å². The standard InChI is InChI=1S/C17H13F3N2O4/c18-17(19,20)11-3-6(1-2-12(11)22(25)26)21-15(23)13-9-5-10(8-4-7(8)9)14(13)16(21)24/h1-3,7-10,13-14H,4-5H2/t7-,8+,9+,10-,13-,14+. The Bertz CT molecular complexity index is 851. The second-order valence-corrected chi connectivity index (χ2v) is 7.65. The van der Waals surface area contributed by atoms with Gasteiger partial charge in [-0.3, -0.25) is 24.6 Å². The molecule has 0 N–H and O–H groups in total. The highest BCUT2D eigenvalue weighted by atomic mass is 19.4. The van der Waals surface area contributed by atoms with E-state index in [9.17, 15) is 32.9 Å². The Morgan fingerprint density at radius 1 is 1.00 bits per heavy atom. The van der Waals surface area contributed by atoms with Gasteiger partial charge >= 0.3 is 6.18 Å². The van der Waals surface area contributed by atoms with Crippen LogP contribution in [0.25, 0.3) is 0 Å². The summed E-state index contributed by atoms with van der Waals surface area (Å²) >= 11 is 0. The summed E-state index contributed by atoms with van der Waals surface area (Å²) in [4.78, 5) is 36.2. The molecule has 26 heavy (non-hydrogen) atoms. The molecule has 4 fully saturated rings. The highest BCUT2D eigenvalue weighted by molar-refractivity contribution is 6.22. The number of anilines is 1. The number of imide groups is 1. The van der Waals surface area contributed by atoms with Crippen molar-refractivity contribution in [2.45, 2.75) is 19.0 Å². The highest BCUT2D eigenvalue weighted by Gasteiger charge is 2.72. The molecule has 2 bridgehead atoms. The molecule has 4 aliphatic rings. The molecule has 0 unspecified atom stereocenters. The number of hydrogen-bond donors (Lipinski definition) is 0. The molecule has 3 saturated carbocycles. The Hall–Kier alpha value is -2.45. The lowest BCUT2D eigenvalue weighted by molar-refractivity contribution is -0.388. The molecule has 6 atom stereocenters. The van der Waals surface area contributed by atoms with Crippen molar-refractivity contribution in [3.63, 3.8) is 0 Å². The van der Waals surface area contributed by atoms with E-state index in [1.807, 2.05) is 0 Å². The number of benzene rings is 1. The molecule has 1 aromatic carbocycles. The maximum atomic E-state index is 13.2. The van der Waals surface area contributed by atoms with Crippen molar-refractivity contribution in [3.8, 4) is 0 Å². The summed E-state index contributed by atoms with van der Waals surface area (Å²) in [5.74, 6) is -0.560. The maximum absolute atomic E-state index is 13.2. The number of fused-ring (bicyclic) bond motifs is 8. The molecule has 136 valence electrons. The van der Waals surface area contributed by atoms with Crippen molar-refractivity contribution in [3.05, 3.63) is 33.9 Å². The molecule has 1 heterocycles. The molecular weight excluding hydrogens is 353 g/mol. The summed E-state index contributed by atoms with van der Waals surface area (Å²) in [6.45, 7) is 0. The molecule has 6 nitrogen and oxygen atoms in total. The zero-order chi connectivity index (χ0) is 18.5. The number of halogens is 3. The molecule has 9 heteroatoms. The molecule has 1 aromatic rings. The molecular formula is C17H13F3N2O4. The van der Waals surface area contributed by atoms with Crippen LogP contribution in [0.4, 0.5) is 24.5 Å². The van der Waals surface area contributed by atoms with Crippen LogP contribution in [0.3, 0.4) is 0 Å². The van der Waals surface area contributed by atoms with Gasteiger partial charge in [-0.15, -0.1) is 0 Å². The zero-order valence-corrected chi connectivity index (χ0v) is 13.3. The quantitative estimate of drug-likeness (QED) is 0.458. The highest BCUT2D eigenvalue weighted by Crippen LogP contribution is 2.71. The molecule has 0 aromatic heterocycles. The van der Waals surface area contributed by atoms with Gasteiger partial charge in [0.25, 0.3) is 5.69 Å². The lowest BCUT2D eigenvalue weighted by atomic mass is 9.81. The van der Waals surface area contributed by atoms with Crippen LogP contribution in [-0.4, -0.2) is 16.7 Å². The van der Waals surface area contributed by atoms with Crippen LogP contribution in [0.1, 0.15) is 18.4 Å². The van der Waals surface area contributed by atoms with Gasteiger partial charge in [0.15, 0.2) is 0 Å². The van der Waals surface area contributed by atoms with Gasteiger partial charge in [-0.25, -0.2) is 0 Å². The van der Waals surface area contributed by atoms with Gasteiger partial charge < -0.3 is 0 Å². The molecule has 0 radical (unpaired) electrons. The second-order valence-electron chi connectivity index (χ2n) is 7.65. The number of alkyl halides is 3. The van der Waals surface area contributed by atoms with Crippen LogP contribution >= 0.6 is 0 Å². The molecule has 1 aliphatic heterocycles. The largest absolute Gasteiger partial charge is 0.423 e. The summed E-state index contributed by atoms with van der Waals surface area (Å²) in [5, 5.41) is 10.9. The van der Waals surface area contributed by atoms with Crippen LogP contribution in [-0.2, 0) is 15.8 Å². The molecule has 2 amide bonds. The van der Waals surface area contributed by atoms with E-state index in [0.29, 0.717) is 24.0 Å². The Labute approximate surface area is 145 Å². The molecule has 0 spiro atoms. The number of nitro benzene ring substituents is 1. The smallest absolute Gasteiger partial charge is 0.274 e. The molecule has 1 saturated heterocycles. The maximum Gasteiger partial charge on any atom is 0.423 e. The third kappa shape index (κ3) is 1.83. The number of rotatable bonds is 2. The van der Waals surface area contributed by atoms with E-state index in [2.05, 4.69) is 0 Å². The SMILES string of the molecule is O=C1[C@@H]2[C@H]3C[C@H]([C@H]4C[C@H]43)[C@@H]2C(=O)N1c1ccc([N+](=O)[O-])c(C(F)(F)F)c1. The number of carbonyl (C=O) groups is 2. The zero-order valence-electron chi connectivity index (χ0n) is 13.3. The average molecular weight is 366 g/mol. The lowest BCUT2D eigenvalue weighted by Crippen LogP contribution is -2.33. The number of nitro groups is 1. The third-order valence-corrected chi connectivity index (χ3v) is 6.60. The van der Waals surface area contributed by atoms with Gasteiger partial charge in [0, 0.05) is 6.07 Å². The number of carbonyl (C=O) groups excluding carboxylic acids is 2. The Balaban J connectivity index is 1.56. The number of hydrogen-bond acceptors (Lipinski definition) is 4. The Morgan fingerprint density at radius 3 is 2.04 bits per heavy atom. The average Bonchev–Trinajstić information content (AvgIpc) is 3.07. The first-order valence-electron chi connectivity index (χ1n) is 8.43. The number of amides is 2. The van der Waals surface area contributed by atoms with E-state index in [4.69, 9.17) is 0 Å². The minimum absolute atomic E-state index is 0.150. The Kier molecular flexibility index (Phi) is 2.81. The molecule has 5 rings (SSSR count). The van der Waals surface area contributed by atoms with E-state index >= 15 is 0 Å². The van der Waals surface area contributed by atoms with Gasteiger partial charge in [-0.1, -0.05) is 0 Å². The van der Waals surface area contributed by atoms with Crippen LogP contribution in [0.15, 0.2) is 18.2 Å². The van der Waals surface area contributed by atoms with Crippen molar-refractivity contribution in [1.29, 1.82) is 0 Å². The van der Waals surface area contributed by atoms with Crippen molar-refractivity contribution in [2.24, 2.45) is 35.5 Å². The second kappa shape index (κ2) is 4.63. The third-order valence-electron chi connectivity index (χ3n) is 6.60. The van der Waals surface area contributed by atoms with Gasteiger partial charge in [0.1, 0.15) is 5.56 Å². The summed E-state index contributed by atoms with van der Waals surface area (Å²) in [6.07, 6.45) is -3.07. The first-order valence-corrected chi connectivity index (χ1v) is 8.43. The Morgan fingerprint density at radius 2 is 1.54 bits per heavy atom. The van der Waals surface area contributed by atoms with Crippen LogP contribution in [0, 0.1) is 45.6 Å². The van der Waals surface area contributed by atoms with E-state index in [1.165, 1.54) is 0 Å².